The number of hydrogen-bond donors (Lipinski definition) is 3. The molecule has 3 N–H and O–H groups in total. The van der Waals surface area contributed by atoms with Gasteiger partial charge in [0.05, 0.1) is 40.9 Å². The summed E-state index contributed by atoms with van der Waals surface area (Å²) in [7, 11) is 1.87. The zero-order chi connectivity index (χ0) is 34.9. The number of aromatic nitrogens is 7. The van der Waals surface area contributed by atoms with E-state index < -0.39 is 0 Å². The standard InChI is InChI=1S/C37H37N11O2/c1-3-8-30(11-7-16-39-36-41-21-28(18-38)34(46-36)26-12-14-32-31(17-26)35(49)44-24-43-32)48(37(50)42-19-25-9-5-4-6-10-25)33-15-13-27(20-40-33)29-22-45-47(2)23-29/h4-6,9-10,12-15,17,20-24,30H,3,7-8,11,16,19H2,1-2H3,(H,42,50)(H,39,41,46)(H,43,44,49)/t30-/m0/s1. The summed E-state index contributed by atoms with van der Waals surface area (Å²) in [4.78, 5) is 48.5. The number of nitrogens with zero attached hydrogens (tertiary/aromatic N) is 8. The van der Waals surface area contributed by atoms with E-state index in [9.17, 15) is 14.9 Å². The van der Waals surface area contributed by atoms with E-state index in [0.29, 0.717) is 59.9 Å². The normalized spacial score (nSPS) is 11.5. The number of benzene rings is 2. The smallest absolute Gasteiger partial charge is 0.323 e. The lowest BCUT2D eigenvalue weighted by atomic mass is 10.0. The highest BCUT2D eigenvalue weighted by Crippen LogP contribution is 2.26. The van der Waals surface area contributed by atoms with Crippen molar-refractivity contribution in [3.8, 4) is 28.5 Å². The molecule has 2 aromatic carbocycles. The quantitative estimate of drug-likeness (QED) is 0.128. The molecular formula is C37H37N11O2. The van der Waals surface area contributed by atoms with Crippen LogP contribution in [-0.2, 0) is 13.6 Å². The fourth-order valence-corrected chi connectivity index (χ4v) is 5.84. The third-order valence-corrected chi connectivity index (χ3v) is 8.35. The van der Waals surface area contributed by atoms with E-state index in [1.165, 1.54) is 12.5 Å². The average Bonchev–Trinajstić information content (AvgIpc) is 3.59. The number of carbonyl (C=O) groups excluding carboxylic acids is 1. The van der Waals surface area contributed by atoms with Gasteiger partial charge in [-0.2, -0.15) is 10.4 Å². The van der Waals surface area contributed by atoms with Crippen molar-refractivity contribution in [1.82, 2.24) is 40.0 Å². The summed E-state index contributed by atoms with van der Waals surface area (Å²) in [6.07, 6.45) is 11.4. The number of pyridine rings is 1. The first-order valence-electron chi connectivity index (χ1n) is 16.5. The Morgan fingerprint density at radius 2 is 1.84 bits per heavy atom. The van der Waals surface area contributed by atoms with Crippen LogP contribution in [-0.4, -0.2) is 53.3 Å². The lowest BCUT2D eigenvalue weighted by Gasteiger charge is -2.31. The van der Waals surface area contributed by atoms with Gasteiger partial charge in [0.2, 0.25) is 5.95 Å². The van der Waals surface area contributed by atoms with E-state index in [-0.39, 0.29) is 23.2 Å². The molecule has 1 atom stereocenters. The molecule has 6 aromatic rings. The van der Waals surface area contributed by atoms with Gasteiger partial charge < -0.3 is 15.6 Å². The van der Waals surface area contributed by atoms with Crippen molar-refractivity contribution in [3.63, 3.8) is 0 Å². The molecule has 50 heavy (non-hydrogen) atoms. The Balaban J connectivity index is 1.18. The maximum absolute atomic E-state index is 13.9. The van der Waals surface area contributed by atoms with E-state index in [1.807, 2.05) is 55.7 Å². The molecule has 6 rings (SSSR count). The highest BCUT2D eigenvalue weighted by atomic mass is 16.2. The van der Waals surface area contributed by atoms with E-state index >= 15 is 0 Å². The molecule has 0 aliphatic carbocycles. The zero-order valence-corrected chi connectivity index (χ0v) is 27.9. The molecule has 4 heterocycles. The van der Waals surface area contributed by atoms with Crippen molar-refractivity contribution >= 4 is 28.7 Å². The number of fused-ring (bicyclic) bond motifs is 1. The third-order valence-electron chi connectivity index (χ3n) is 8.35. The monoisotopic (exact) mass is 667 g/mol. The van der Waals surface area contributed by atoms with Crippen molar-refractivity contribution in [2.75, 3.05) is 16.8 Å². The fourth-order valence-electron chi connectivity index (χ4n) is 5.84. The van der Waals surface area contributed by atoms with Crippen molar-refractivity contribution < 1.29 is 4.79 Å². The number of aryl methyl sites for hydroxylation is 1. The van der Waals surface area contributed by atoms with Gasteiger partial charge in [0.1, 0.15) is 11.9 Å². The van der Waals surface area contributed by atoms with Gasteiger partial charge in [-0.3, -0.25) is 14.4 Å². The number of nitriles is 1. The van der Waals surface area contributed by atoms with Gasteiger partial charge >= 0.3 is 6.03 Å². The summed E-state index contributed by atoms with van der Waals surface area (Å²) in [5.74, 6) is 0.926. The molecule has 13 heteroatoms. The van der Waals surface area contributed by atoms with Gasteiger partial charge in [-0.1, -0.05) is 49.7 Å². The van der Waals surface area contributed by atoms with Crippen molar-refractivity contribution in [1.29, 1.82) is 5.26 Å². The van der Waals surface area contributed by atoms with Crippen LogP contribution >= 0.6 is 0 Å². The minimum atomic E-state index is -0.271. The molecule has 0 saturated heterocycles. The molecule has 0 spiro atoms. The summed E-state index contributed by atoms with van der Waals surface area (Å²) in [6, 6.07) is 20.6. The number of hydrogen-bond acceptors (Lipinski definition) is 9. The minimum Gasteiger partial charge on any atom is -0.354 e. The van der Waals surface area contributed by atoms with Gasteiger partial charge in [0.15, 0.2) is 0 Å². The van der Waals surface area contributed by atoms with Gasteiger partial charge in [-0.05, 0) is 49.1 Å². The molecule has 13 nitrogen and oxygen atoms in total. The molecule has 0 radical (unpaired) electrons. The second-order valence-corrected chi connectivity index (χ2v) is 11.9. The number of rotatable bonds is 13. The summed E-state index contributed by atoms with van der Waals surface area (Å²) in [6.45, 7) is 3.03. The van der Waals surface area contributed by atoms with Crippen molar-refractivity contribution in [2.45, 2.75) is 45.2 Å². The molecule has 0 unspecified atom stereocenters. The lowest BCUT2D eigenvalue weighted by molar-refractivity contribution is 0.242. The Morgan fingerprint density at radius 3 is 2.58 bits per heavy atom. The van der Waals surface area contributed by atoms with Crippen LogP contribution in [0.2, 0.25) is 0 Å². The maximum Gasteiger partial charge on any atom is 0.323 e. The van der Waals surface area contributed by atoms with Gasteiger partial charge in [0, 0.05) is 55.3 Å². The van der Waals surface area contributed by atoms with Crippen LogP contribution in [0.5, 0.6) is 0 Å². The first-order valence-corrected chi connectivity index (χ1v) is 16.5. The Morgan fingerprint density at radius 1 is 1.00 bits per heavy atom. The predicted molar refractivity (Wildman–Crippen MR) is 192 cm³/mol. The van der Waals surface area contributed by atoms with Crippen LogP contribution < -0.4 is 21.1 Å². The molecular weight excluding hydrogens is 630 g/mol. The van der Waals surface area contributed by atoms with E-state index in [0.717, 1.165) is 29.5 Å². The second kappa shape index (κ2) is 15.7. The third kappa shape index (κ3) is 7.82. The van der Waals surface area contributed by atoms with Gasteiger partial charge in [0.25, 0.3) is 5.56 Å². The topological polar surface area (TPSA) is 170 Å². The largest absolute Gasteiger partial charge is 0.354 e. The lowest BCUT2D eigenvalue weighted by Crippen LogP contribution is -2.47. The second-order valence-electron chi connectivity index (χ2n) is 11.9. The van der Waals surface area contributed by atoms with E-state index in [2.05, 4.69) is 48.7 Å². The summed E-state index contributed by atoms with van der Waals surface area (Å²) in [5, 5.41) is 20.8. The fraction of sp³-hybridized carbons (Fsp3) is 0.243. The van der Waals surface area contributed by atoms with Crippen LogP contribution in [0.3, 0.4) is 0 Å². The Hall–Kier alpha value is -6.42. The van der Waals surface area contributed by atoms with Crippen LogP contribution in [0.25, 0.3) is 33.3 Å². The number of urea groups is 1. The van der Waals surface area contributed by atoms with E-state index in [4.69, 9.17) is 4.98 Å². The number of amides is 2. The average molecular weight is 668 g/mol. The SMILES string of the molecule is CCC[C@@H](CCCNc1ncc(C#N)c(-c2ccc3nc[nH]c(=O)c3c2)n1)N(C(=O)NCc1ccccc1)c1ccc(-c2cnn(C)c2)cn1. The molecule has 0 aliphatic heterocycles. The molecule has 0 saturated carbocycles. The van der Waals surface area contributed by atoms with Crippen LogP contribution in [0, 0.1) is 11.3 Å². The number of carbonyl (C=O) groups is 1. The van der Waals surface area contributed by atoms with Crippen LogP contribution in [0.4, 0.5) is 16.6 Å². The van der Waals surface area contributed by atoms with Crippen molar-refractivity contribution in [3.05, 3.63) is 113 Å². The highest BCUT2D eigenvalue weighted by molar-refractivity contribution is 5.91. The Bertz CT molecular complexity index is 2170. The number of anilines is 2. The summed E-state index contributed by atoms with van der Waals surface area (Å²) < 4.78 is 1.74. The van der Waals surface area contributed by atoms with Crippen LogP contribution in [0.1, 0.15) is 43.7 Å². The van der Waals surface area contributed by atoms with E-state index in [1.54, 1.807) is 40.2 Å². The molecule has 0 bridgehead atoms. The Labute approximate surface area is 289 Å². The number of nitrogens with one attached hydrogen (secondary N) is 3. The van der Waals surface area contributed by atoms with Crippen LogP contribution in [0.15, 0.2) is 96.6 Å². The zero-order valence-electron chi connectivity index (χ0n) is 27.9. The molecule has 252 valence electrons. The number of H-pyrrole nitrogens is 1. The van der Waals surface area contributed by atoms with Gasteiger partial charge in [-0.15, -0.1) is 0 Å². The maximum atomic E-state index is 13.9. The Kier molecular flexibility index (Phi) is 10.5. The highest BCUT2D eigenvalue weighted by Gasteiger charge is 2.26. The summed E-state index contributed by atoms with van der Waals surface area (Å²) >= 11 is 0. The minimum absolute atomic E-state index is 0.129. The summed E-state index contributed by atoms with van der Waals surface area (Å²) in [5.41, 5.74) is 4.46. The molecule has 2 amide bonds. The van der Waals surface area contributed by atoms with Gasteiger partial charge in [-0.25, -0.2) is 24.7 Å². The molecule has 4 aromatic heterocycles. The molecule has 0 fully saturated rings. The number of aromatic amines is 1. The predicted octanol–water partition coefficient (Wildman–Crippen LogP) is 5.82. The first-order chi connectivity index (χ1) is 24.4. The first kappa shape index (κ1) is 33.5. The molecule has 0 aliphatic rings. The van der Waals surface area contributed by atoms with Crippen molar-refractivity contribution in [2.24, 2.45) is 7.05 Å².